The lowest BCUT2D eigenvalue weighted by atomic mass is 10.2. The molecule has 0 aliphatic rings. The average molecular weight is 266 g/mol. The number of ether oxygens (including phenoxy) is 1. The first kappa shape index (κ1) is 12.9. The van der Waals surface area contributed by atoms with Gasteiger partial charge in [0.25, 0.3) is 0 Å². The smallest absolute Gasteiger partial charge is 0.138 e. The highest BCUT2D eigenvalue weighted by molar-refractivity contribution is 6.32. The molecule has 0 unspecified atom stereocenters. The lowest BCUT2D eigenvalue weighted by Gasteiger charge is -2.07. The predicted octanol–water partition coefficient (Wildman–Crippen LogP) is 2.59. The minimum atomic E-state index is 0.460. The largest absolute Gasteiger partial charge is 0.487 e. The summed E-state index contributed by atoms with van der Waals surface area (Å²) in [5.41, 5.74) is 7.56. The molecule has 2 rings (SSSR count). The lowest BCUT2D eigenvalue weighted by Crippen LogP contribution is -1.98. The molecule has 4 nitrogen and oxygen atoms in total. The van der Waals surface area contributed by atoms with Gasteiger partial charge in [0, 0.05) is 24.8 Å². The van der Waals surface area contributed by atoms with Crippen molar-refractivity contribution in [3.63, 3.8) is 0 Å². The first-order chi connectivity index (χ1) is 8.72. The third-order valence-corrected chi connectivity index (χ3v) is 2.93. The van der Waals surface area contributed by atoms with E-state index < -0.39 is 0 Å². The van der Waals surface area contributed by atoms with Crippen LogP contribution in [0.15, 0.2) is 30.6 Å². The Labute approximate surface area is 111 Å². The molecule has 18 heavy (non-hydrogen) atoms. The Bertz CT molecular complexity index is 525. The van der Waals surface area contributed by atoms with Gasteiger partial charge in [0.2, 0.25) is 0 Å². The molecule has 0 amide bonds. The Morgan fingerprint density at radius 3 is 2.83 bits per heavy atom. The predicted molar refractivity (Wildman–Crippen MR) is 71.6 cm³/mol. The fourth-order valence-corrected chi connectivity index (χ4v) is 1.86. The molecule has 0 radical (unpaired) electrons. The highest BCUT2D eigenvalue weighted by Gasteiger charge is 2.04. The van der Waals surface area contributed by atoms with E-state index in [2.05, 4.69) is 5.10 Å². The Morgan fingerprint density at radius 2 is 2.22 bits per heavy atom. The molecule has 2 N–H and O–H groups in total. The van der Waals surface area contributed by atoms with Crippen LogP contribution in [0, 0.1) is 0 Å². The maximum absolute atomic E-state index is 6.11. The summed E-state index contributed by atoms with van der Waals surface area (Å²) >= 11 is 6.11. The van der Waals surface area contributed by atoms with Crippen LogP contribution in [-0.2, 0) is 19.7 Å². The van der Waals surface area contributed by atoms with Gasteiger partial charge in [-0.25, -0.2) is 0 Å². The van der Waals surface area contributed by atoms with Crippen molar-refractivity contribution in [3.05, 3.63) is 46.7 Å². The van der Waals surface area contributed by atoms with Gasteiger partial charge in [0.15, 0.2) is 0 Å². The Morgan fingerprint density at radius 1 is 1.39 bits per heavy atom. The number of hydrogen-bond donors (Lipinski definition) is 1. The normalized spacial score (nSPS) is 10.6. The number of aryl methyl sites for hydroxylation is 1. The van der Waals surface area contributed by atoms with Crippen LogP contribution in [0.4, 0.5) is 0 Å². The molecule has 0 saturated carbocycles. The molecule has 0 bridgehead atoms. The fraction of sp³-hybridized carbons (Fsp3) is 0.308. The second-order valence-electron chi connectivity index (χ2n) is 3.96. The lowest BCUT2D eigenvalue weighted by molar-refractivity contribution is 0.306. The maximum Gasteiger partial charge on any atom is 0.138 e. The monoisotopic (exact) mass is 265 g/mol. The zero-order valence-electron chi connectivity index (χ0n) is 10.3. The average Bonchev–Trinajstić information content (AvgIpc) is 2.85. The van der Waals surface area contributed by atoms with Gasteiger partial charge in [-0.3, -0.25) is 4.68 Å². The van der Waals surface area contributed by atoms with Gasteiger partial charge in [-0.15, -0.1) is 0 Å². The summed E-state index contributed by atoms with van der Waals surface area (Å²) in [4.78, 5) is 0. The van der Waals surface area contributed by atoms with Crippen LogP contribution < -0.4 is 10.5 Å². The van der Waals surface area contributed by atoms with E-state index in [1.54, 1.807) is 6.20 Å². The van der Waals surface area contributed by atoms with Gasteiger partial charge < -0.3 is 10.5 Å². The van der Waals surface area contributed by atoms with E-state index in [-0.39, 0.29) is 0 Å². The molecule has 0 aliphatic carbocycles. The van der Waals surface area contributed by atoms with Gasteiger partial charge in [-0.05, 0) is 24.6 Å². The summed E-state index contributed by atoms with van der Waals surface area (Å²) in [5, 5.41) is 4.77. The number of rotatable bonds is 5. The number of aromatic nitrogens is 2. The molecule has 2 aromatic rings. The topological polar surface area (TPSA) is 53.1 Å². The molecule has 5 heteroatoms. The summed E-state index contributed by atoms with van der Waals surface area (Å²) in [6, 6.07) is 5.58. The van der Waals surface area contributed by atoms with Crippen molar-refractivity contribution >= 4 is 11.6 Å². The summed E-state index contributed by atoms with van der Waals surface area (Å²) in [6.07, 6.45) is 3.76. The van der Waals surface area contributed by atoms with Crippen LogP contribution >= 0.6 is 11.6 Å². The number of benzene rings is 1. The Hall–Kier alpha value is -1.52. The standard InChI is InChI=1S/C13H16ClN3O/c1-2-17-8-11(7-16-17)9-18-13-4-3-10(6-15)5-12(13)14/h3-5,7-8H,2,6,9,15H2,1H3. The van der Waals surface area contributed by atoms with Crippen molar-refractivity contribution in [2.24, 2.45) is 5.73 Å². The maximum atomic E-state index is 6.11. The molecule has 0 saturated heterocycles. The molecule has 0 spiro atoms. The number of hydrogen-bond acceptors (Lipinski definition) is 3. The van der Waals surface area contributed by atoms with Crippen LogP contribution in [0.3, 0.4) is 0 Å². The van der Waals surface area contributed by atoms with Crippen LogP contribution in [0.2, 0.25) is 5.02 Å². The summed E-state index contributed by atoms with van der Waals surface area (Å²) < 4.78 is 7.51. The van der Waals surface area contributed by atoms with Crippen LogP contribution in [-0.4, -0.2) is 9.78 Å². The molecular formula is C13H16ClN3O. The molecule has 96 valence electrons. The first-order valence-corrected chi connectivity index (χ1v) is 6.23. The van der Waals surface area contributed by atoms with E-state index in [0.717, 1.165) is 17.7 Å². The van der Waals surface area contributed by atoms with Crippen LogP contribution in [0.1, 0.15) is 18.1 Å². The zero-order valence-corrected chi connectivity index (χ0v) is 11.0. The molecule has 0 fully saturated rings. The number of nitrogens with zero attached hydrogens (tertiary/aromatic N) is 2. The SMILES string of the molecule is CCn1cc(COc2ccc(CN)cc2Cl)cn1. The van der Waals surface area contributed by atoms with Gasteiger partial charge in [-0.1, -0.05) is 17.7 Å². The second kappa shape index (κ2) is 5.89. The third-order valence-electron chi connectivity index (χ3n) is 2.64. The van der Waals surface area contributed by atoms with Crippen molar-refractivity contribution in [2.45, 2.75) is 26.6 Å². The zero-order chi connectivity index (χ0) is 13.0. The van der Waals surface area contributed by atoms with E-state index in [0.29, 0.717) is 23.9 Å². The van der Waals surface area contributed by atoms with Crippen molar-refractivity contribution < 1.29 is 4.74 Å². The van der Waals surface area contributed by atoms with E-state index in [4.69, 9.17) is 22.1 Å². The Balaban J connectivity index is 2.01. The second-order valence-corrected chi connectivity index (χ2v) is 4.37. The molecular weight excluding hydrogens is 250 g/mol. The minimum Gasteiger partial charge on any atom is -0.487 e. The number of halogens is 1. The van der Waals surface area contributed by atoms with E-state index in [1.807, 2.05) is 36.0 Å². The molecule has 1 heterocycles. The summed E-state index contributed by atoms with van der Waals surface area (Å²) in [6.45, 7) is 3.83. The van der Waals surface area contributed by atoms with Gasteiger partial charge in [-0.2, -0.15) is 5.10 Å². The first-order valence-electron chi connectivity index (χ1n) is 5.85. The Kier molecular flexibility index (Phi) is 4.23. The van der Waals surface area contributed by atoms with Gasteiger partial charge in [0.05, 0.1) is 11.2 Å². The third kappa shape index (κ3) is 3.03. The van der Waals surface area contributed by atoms with Gasteiger partial charge in [0.1, 0.15) is 12.4 Å². The van der Waals surface area contributed by atoms with Crippen LogP contribution in [0.25, 0.3) is 0 Å². The van der Waals surface area contributed by atoms with Crippen molar-refractivity contribution in [1.82, 2.24) is 9.78 Å². The van der Waals surface area contributed by atoms with Crippen molar-refractivity contribution in [3.8, 4) is 5.75 Å². The van der Waals surface area contributed by atoms with Crippen LogP contribution in [0.5, 0.6) is 5.75 Å². The molecule has 0 aliphatic heterocycles. The van der Waals surface area contributed by atoms with E-state index >= 15 is 0 Å². The fourth-order valence-electron chi connectivity index (χ4n) is 1.60. The highest BCUT2D eigenvalue weighted by atomic mass is 35.5. The summed E-state index contributed by atoms with van der Waals surface area (Å²) in [5.74, 6) is 0.665. The van der Waals surface area contributed by atoms with Crippen molar-refractivity contribution in [2.75, 3.05) is 0 Å². The van der Waals surface area contributed by atoms with E-state index in [1.165, 1.54) is 0 Å². The molecule has 1 aromatic heterocycles. The number of nitrogens with two attached hydrogens (primary N) is 1. The quantitative estimate of drug-likeness (QED) is 0.904. The van der Waals surface area contributed by atoms with E-state index in [9.17, 15) is 0 Å². The molecule has 0 atom stereocenters. The molecule has 1 aromatic carbocycles. The minimum absolute atomic E-state index is 0.460. The van der Waals surface area contributed by atoms with Crippen molar-refractivity contribution in [1.29, 1.82) is 0 Å². The summed E-state index contributed by atoms with van der Waals surface area (Å²) in [7, 11) is 0. The highest BCUT2D eigenvalue weighted by Crippen LogP contribution is 2.26. The van der Waals surface area contributed by atoms with Gasteiger partial charge >= 0.3 is 0 Å².